The summed E-state index contributed by atoms with van der Waals surface area (Å²) in [6.07, 6.45) is 7.73. The fraction of sp³-hybridized carbons (Fsp3) is 0.600. The molecule has 2 rings (SSSR count). The van der Waals surface area contributed by atoms with E-state index >= 15 is 0 Å². The van der Waals surface area contributed by atoms with E-state index in [1.165, 1.54) is 49.7 Å². The van der Waals surface area contributed by atoms with E-state index < -0.39 is 0 Å². The van der Waals surface area contributed by atoms with Gasteiger partial charge < -0.3 is 0 Å². The zero-order valence-corrected chi connectivity index (χ0v) is 10.8. The molecule has 0 spiro atoms. The molecule has 1 heteroatoms. The Hall–Kier alpha value is -0.490. The lowest BCUT2D eigenvalue weighted by Crippen LogP contribution is -2.16. The highest BCUT2D eigenvalue weighted by Crippen LogP contribution is 2.30. The van der Waals surface area contributed by atoms with E-state index in [2.05, 4.69) is 31.2 Å². The second-order valence-electron chi connectivity index (χ2n) is 5.04. The van der Waals surface area contributed by atoms with Gasteiger partial charge in [-0.15, -0.1) is 11.6 Å². The van der Waals surface area contributed by atoms with E-state index in [0.717, 1.165) is 0 Å². The van der Waals surface area contributed by atoms with Crippen LogP contribution in [-0.2, 0) is 6.42 Å². The molecule has 1 aliphatic carbocycles. The van der Waals surface area contributed by atoms with Gasteiger partial charge in [0.2, 0.25) is 0 Å². The summed E-state index contributed by atoms with van der Waals surface area (Å²) in [6, 6.07) is 8.71. The molecule has 2 atom stereocenters. The minimum Gasteiger partial charge on any atom is -0.123 e. The van der Waals surface area contributed by atoms with Crippen molar-refractivity contribution in [1.82, 2.24) is 0 Å². The lowest BCUT2D eigenvalue weighted by molar-refractivity contribution is 0.464. The van der Waals surface area contributed by atoms with Gasteiger partial charge >= 0.3 is 0 Å². The van der Waals surface area contributed by atoms with Gasteiger partial charge in [0.25, 0.3) is 0 Å². The third kappa shape index (κ3) is 3.01. The van der Waals surface area contributed by atoms with Crippen molar-refractivity contribution in [2.24, 2.45) is 5.92 Å². The van der Waals surface area contributed by atoms with Gasteiger partial charge in [0, 0.05) is 5.38 Å². The second-order valence-corrected chi connectivity index (χ2v) is 5.61. The van der Waals surface area contributed by atoms with Gasteiger partial charge in [0.05, 0.1) is 0 Å². The summed E-state index contributed by atoms with van der Waals surface area (Å²) in [5.74, 6) is 0.685. The number of hydrogen-bond acceptors (Lipinski definition) is 0. The Kier molecular flexibility index (Phi) is 4.29. The Bertz CT molecular complexity index is 332. The van der Waals surface area contributed by atoms with E-state index in [4.69, 9.17) is 11.6 Å². The van der Waals surface area contributed by atoms with Gasteiger partial charge in [-0.3, -0.25) is 0 Å². The van der Waals surface area contributed by atoms with Gasteiger partial charge in [-0.05, 0) is 43.2 Å². The molecule has 1 aromatic carbocycles. The summed E-state index contributed by atoms with van der Waals surface area (Å²) >= 11 is 6.49. The lowest BCUT2D eigenvalue weighted by atomic mass is 9.90. The van der Waals surface area contributed by atoms with E-state index in [1.54, 1.807) is 0 Å². The quantitative estimate of drug-likeness (QED) is 0.515. The molecule has 1 aromatic rings. The normalized spacial score (nSPS) is 26.4. The van der Waals surface area contributed by atoms with Gasteiger partial charge in [0.15, 0.2) is 0 Å². The first kappa shape index (κ1) is 12.0. The van der Waals surface area contributed by atoms with E-state index in [1.807, 2.05) is 0 Å². The summed E-state index contributed by atoms with van der Waals surface area (Å²) in [5.41, 5.74) is 2.90. The van der Waals surface area contributed by atoms with E-state index in [0.29, 0.717) is 11.3 Å². The zero-order valence-electron chi connectivity index (χ0n) is 10.1. The van der Waals surface area contributed by atoms with Crippen LogP contribution >= 0.6 is 11.6 Å². The molecule has 0 N–H and O–H groups in total. The van der Waals surface area contributed by atoms with Crippen LogP contribution in [0, 0.1) is 12.8 Å². The van der Waals surface area contributed by atoms with Crippen LogP contribution in [0.25, 0.3) is 0 Å². The van der Waals surface area contributed by atoms with Crippen LogP contribution in [0.4, 0.5) is 0 Å². The van der Waals surface area contributed by atoms with Crippen LogP contribution in [0.3, 0.4) is 0 Å². The van der Waals surface area contributed by atoms with Gasteiger partial charge in [-0.2, -0.15) is 0 Å². The standard InChI is InChI=1S/C15H21Cl/c1-12-7-5-6-8-13(12)11-14-9-3-2-4-10-15(14)16/h5-8,14-15H,2-4,9-11H2,1H3. The highest BCUT2D eigenvalue weighted by molar-refractivity contribution is 6.20. The molecule has 0 bridgehead atoms. The van der Waals surface area contributed by atoms with Gasteiger partial charge in [-0.25, -0.2) is 0 Å². The van der Waals surface area contributed by atoms with Crippen molar-refractivity contribution in [3.8, 4) is 0 Å². The Morgan fingerprint density at radius 3 is 2.69 bits per heavy atom. The molecular formula is C15H21Cl. The Labute approximate surface area is 104 Å². The molecule has 1 aliphatic rings. The molecule has 16 heavy (non-hydrogen) atoms. The predicted molar refractivity (Wildman–Crippen MR) is 71.1 cm³/mol. The Morgan fingerprint density at radius 2 is 1.88 bits per heavy atom. The molecule has 0 aliphatic heterocycles. The molecule has 2 unspecified atom stereocenters. The monoisotopic (exact) mass is 236 g/mol. The molecule has 1 fully saturated rings. The van der Waals surface area contributed by atoms with Crippen LogP contribution < -0.4 is 0 Å². The molecule has 0 saturated heterocycles. The van der Waals surface area contributed by atoms with E-state index in [9.17, 15) is 0 Å². The molecule has 0 amide bonds. The number of rotatable bonds is 2. The molecular weight excluding hydrogens is 216 g/mol. The third-order valence-corrected chi connectivity index (χ3v) is 4.38. The van der Waals surface area contributed by atoms with E-state index in [-0.39, 0.29) is 0 Å². The van der Waals surface area contributed by atoms with Crippen LogP contribution in [0.1, 0.15) is 43.2 Å². The number of aryl methyl sites for hydroxylation is 1. The molecule has 1 saturated carbocycles. The summed E-state index contributed by atoms with van der Waals surface area (Å²) < 4.78 is 0. The van der Waals surface area contributed by atoms with Crippen molar-refractivity contribution in [2.75, 3.05) is 0 Å². The van der Waals surface area contributed by atoms with Crippen LogP contribution in [-0.4, -0.2) is 5.38 Å². The fourth-order valence-electron chi connectivity index (χ4n) is 2.69. The van der Waals surface area contributed by atoms with Crippen molar-refractivity contribution < 1.29 is 0 Å². The summed E-state index contributed by atoms with van der Waals surface area (Å²) in [5, 5.41) is 0.391. The summed E-state index contributed by atoms with van der Waals surface area (Å²) in [4.78, 5) is 0. The number of benzene rings is 1. The minimum absolute atomic E-state index is 0.391. The molecule has 0 radical (unpaired) electrons. The minimum atomic E-state index is 0.391. The fourth-order valence-corrected chi connectivity index (χ4v) is 3.06. The summed E-state index contributed by atoms with van der Waals surface area (Å²) in [7, 11) is 0. The highest BCUT2D eigenvalue weighted by Gasteiger charge is 2.22. The maximum absolute atomic E-state index is 6.49. The largest absolute Gasteiger partial charge is 0.123 e. The topological polar surface area (TPSA) is 0 Å². The van der Waals surface area contributed by atoms with Crippen molar-refractivity contribution in [3.05, 3.63) is 35.4 Å². The lowest BCUT2D eigenvalue weighted by Gasteiger charge is -2.20. The molecule has 88 valence electrons. The SMILES string of the molecule is Cc1ccccc1CC1CCCCCC1Cl. The van der Waals surface area contributed by atoms with Gasteiger partial charge in [-0.1, -0.05) is 43.5 Å². The first-order valence-corrected chi connectivity index (χ1v) is 6.89. The second kappa shape index (κ2) is 5.72. The Morgan fingerprint density at radius 1 is 1.12 bits per heavy atom. The third-order valence-electron chi connectivity index (χ3n) is 3.81. The highest BCUT2D eigenvalue weighted by atomic mass is 35.5. The molecule has 0 nitrogen and oxygen atoms in total. The maximum atomic E-state index is 6.49. The summed E-state index contributed by atoms with van der Waals surface area (Å²) in [6.45, 7) is 2.20. The first-order valence-electron chi connectivity index (χ1n) is 6.46. The average molecular weight is 237 g/mol. The predicted octanol–water partition coefficient (Wildman–Crippen LogP) is 4.73. The maximum Gasteiger partial charge on any atom is 0.0367 e. The van der Waals surface area contributed by atoms with Crippen LogP contribution in [0.2, 0.25) is 0 Å². The smallest absolute Gasteiger partial charge is 0.0367 e. The van der Waals surface area contributed by atoms with Gasteiger partial charge in [0.1, 0.15) is 0 Å². The van der Waals surface area contributed by atoms with Crippen LogP contribution in [0.15, 0.2) is 24.3 Å². The molecule has 0 aromatic heterocycles. The van der Waals surface area contributed by atoms with Crippen LogP contribution in [0.5, 0.6) is 0 Å². The Balaban J connectivity index is 2.05. The number of alkyl halides is 1. The molecule has 0 heterocycles. The van der Waals surface area contributed by atoms with Crippen molar-refractivity contribution >= 4 is 11.6 Å². The average Bonchev–Trinajstić information content (AvgIpc) is 2.48. The van der Waals surface area contributed by atoms with Crippen molar-refractivity contribution in [2.45, 2.75) is 50.8 Å². The first-order chi connectivity index (χ1) is 7.77. The number of halogens is 1. The zero-order chi connectivity index (χ0) is 11.4. The van der Waals surface area contributed by atoms with Crippen molar-refractivity contribution in [1.29, 1.82) is 0 Å². The van der Waals surface area contributed by atoms with Crippen molar-refractivity contribution in [3.63, 3.8) is 0 Å². The number of hydrogen-bond donors (Lipinski definition) is 0.